The first-order chi connectivity index (χ1) is 11.1. The van der Waals surface area contributed by atoms with E-state index in [2.05, 4.69) is 10.1 Å². The van der Waals surface area contributed by atoms with Crippen LogP contribution in [0.1, 0.15) is 26.2 Å². The molecule has 0 aromatic heterocycles. The molecule has 118 valence electrons. The second-order valence-electron chi connectivity index (χ2n) is 5.63. The van der Waals surface area contributed by atoms with Gasteiger partial charge in [-0.25, -0.2) is 10.0 Å². The number of allylic oxidation sites excluding steroid dienone is 1. The van der Waals surface area contributed by atoms with Crippen LogP contribution in [0.5, 0.6) is 0 Å². The predicted octanol–water partition coefficient (Wildman–Crippen LogP) is 3.39. The number of nitrogens with zero attached hydrogens (tertiary/aromatic N) is 4. The molecule has 7 heteroatoms. The van der Waals surface area contributed by atoms with Gasteiger partial charge in [0.1, 0.15) is 0 Å². The lowest BCUT2D eigenvalue weighted by atomic mass is 9.88. The number of amidine groups is 1. The topological polar surface area (TPSA) is 71.3 Å². The summed E-state index contributed by atoms with van der Waals surface area (Å²) in [5.74, 6) is 0.395. The molecule has 0 bridgehead atoms. The van der Waals surface area contributed by atoms with E-state index in [1.54, 1.807) is 23.2 Å². The van der Waals surface area contributed by atoms with Gasteiger partial charge in [0.15, 0.2) is 11.6 Å². The molecule has 2 aliphatic heterocycles. The zero-order valence-electron chi connectivity index (χ0n) is 12.5. The molecule has 0 amide bonds. The summed E-state index contributed by atoms with van der Waals surface area (Å²) in [6.45, 7) is 2.51. The van der Waals surface area contributed by atoms with Crippen LogP contribution in [0, 0.1) is 5.21 Å². The average molecular weight is 330 g/mol. The number of hydroxylamine groups is 1. The monoisotopic (exact) mass is 329 g/mol. The molecular weight excluding hydrogens is 316 g/mol. The van der Waals surface area contributed by atoms with Crippen LogP contribution in [-0.2, 0) is 4.79 Å². The fourth-order valence-corrected chi connectivity index (χ4v) is 3.30. The predicted molar refractivity (Wildman–Crippen MR) is 90.1 cm³/mol. The molecular formula is C16H14ClN4O2-. The maximum absolute atomic E-state index is 13.0. The number of anilines is 1. The number of Topliss-reactive ketones (excluding diaryl/α,β-unsaturated/α-hetero) is 1. The number of ketones is 1. The van der Waals surface area contributed by atoms with Crippen LogP contribution in [0.2, 0.25) is 5.02 Å². The maximum Gasteiger partial charge on any atom is 0.173 e. The van der Waals surface area contributed by atoms with Crippen molar-refractivity contribution in [2.45, 2.75) is 26.2 Å². The summed E-state index contributed by atoms with van der Waals surface area (Å²) in [5, 5.41) is 20.4. The maximum atomic E-state index is 13.0. The minimum absolute atomic E-state index is 0.0419. The molecule has 1 fully saturated rings. The van der Waals surface area contributed by atoms with Crippen LogP contribution < -0.4 is 5.06 Å². The van der Waals surface area contributed by atoms with E-state index < -0.39 is 0 Å². The Kier molecular flexibility index (Phi) is 3.25. The second kappa shape index (κ2) is 5.18. The van der Waals surface area contributed by atoms with Crippen LogP contribution >= 0.6 is 11.6 Å². The Labute approximate surface area is 138 Å². The van der Waals surface area contributed by atoms with Crippen LogP contribution in [0.4, 0.5) is 11.4 Å². The Balaban J connectivity index is 1.98. The third-order valence-electron chi connectivity index (χ3n) is 4.20. The van der Waals surface area contributed by atoms with Crippen molar-refractivity contribution < 1.29 is 4.79 Å². The first-order valence-corrected chi connectivity index (χ1v) is 7.96. The number of benzene rings is 1. The standard InChI is InChI=1S/C16H14ClN4O2/c1-2-20-16-15(14-11(19-20)4-3-5-13(14)22)21(23)12-8-9(17)6-7-10(12)18-16/h6-8H,2-5H2,1H3/q-1. The fourth-order valence-electron chi connectivity index (χ4n) is 3.14. The van der Waals surface area contributed by atoms with Crippen molar-refractivity contribution in [1.82, 2.24) is 5.01 Å². The number of carbonyl (C=O) groups is 1. The van der Waals surface area contributed by atoms with Gasteiger partial charge in [-0.15, -0.1) is 0 Å². The Hall–Kier alpha value is -2.18. The molecule has 0 radical (unpaired) electrons. The Morgan fingerprint density at radius 2 is 2.17 bits per heavy atom. The number of hydrogen-bond acceptors (Lipinski definition) is 6. The van der Waals surface area contributed by atoms with E-state index in [4.69, 9.17) is 11.6 Å². The molecule has 0 N–H and O–H groups in total. The van der Waals surface area contributed by atoms with E-state index in [1.807, 2.05) is 6.92 Å². The van der Waals surface area contributed by atoms with Crippen molar-refractivity contribution in [3.8, 4) is 0 Å². The number of likely N-dealkylation sites (N-methyl/N-ethyl adjacent to an activating group) is 1. The van der Waals surface area contributed by atoms with E-state index in [9.17, 15) is 10.0 Å². The molecule has 3 aliphatic rings. The van der Waals surface area contributed by atoms with E-state index in [-0.39, 0.29) is 5.78 Å². The minimum atomic E-state index is -0.0419. The summed E-state index contributed by atoms with van der Waals surface area (Å²) in [4.78, 5) is 17.0. The highest BCUT2D eigenvalue weighted by Crippen LogP contribution is 2.41. The molecule has 1 aliphatic carbocycles. The molecule has 4 rings (SSSR count). The summed E-state index contributed by atoms with van der Waals surface area (Å²) >= 11 is 6.01. The smallest absolute Gasteiger partial charge is 0.173 e. The zero-order chi connectivity index (χ0) is 16.1. The van der Waals surface area contributed by atoms with Gasteiger partial charge >= 0.3 is 0 Å². The van der Waals surface area contributed by atoms with E-state index in [1.165, 1.54) is 0 Å². The summed E-state index contributed by atoms with van der Waals surface area (Å²) in [7, 11) is 0. The Morgan fingerprint density at radius 3 is 2.96 bits per heavy atom. The largest absolute Gasteiger partial charge is 0.754 e. The average Bonchev–Trinajstić information content (AvgIpc) is 2.55. The van der Waals surface area contributed by atoms with Crippen molar-refractivity contribution >= 4 is 40.3 Å². The molecule has 6 nitrogen and oxygen atoms in total. The third-order valence-corrected chi connectivity index (χ3v) is 4.44. The lowest BCUT2D eigenvalue weighted by molar-refractivity contribution is -0.115. The Morgan fingerprint density at radius 1 is 1.35 bits per heavy atom. The molecule has 1 saturated carbocycles. The number of carbonyl (C=O) groups excluding carboxylic acids is 1. The van der Waals surface area contributed by atoms with Gasteiger partial charge in [0.05, 0.1) is 28.4 Å². The van der Waals surface area contributed by atoms with E-state index >= 15 is 0 Å². The second-order valence-corrected chi connectivity index (χ2v) is 6.06. The van der Waals surface area contributed by atoms with E-state index in [0.29, 0.717) is 58.6 Å². The quantitative estimate of drug-likeness (QED) is 0.791. The van der Waals surface area contributed by atoms with Gasteiger partial charge in [-0.05, 0) is 38.0 Å². The van der Waals surface area contributed by atoms with Gasteiger partial charge in [0, 0.05) is 18.0 Å². The molecule has 0 unspecified atom stereocenters. The van der Waals surface area contributed by atoms with Crippen LogP contribution in [0.25, 0.3) is 0 Å². The van der Waals surface area contributed by atoms with Gasteiger partial charge < -0.3 is 10.3 Å². The number of aliphatic imine (C=N–C) groups is 1. The number of rotatable bonds is 1. The minimum Gasteiger partial charge on any atom is -0.754 e. The van der Waals surface area contributed by atoms with Crippen LogP contribution in [0.3, 0.4) is 0 Å². The molecule has 0 saturated heterocycles. The number of halogens is 1. The summed E-state index contributed by atoms with van der Waals surface area (Å²) < 4.78 is 0. The van der Waals surface area contributed by atoms with Crippen molar-refractivity contribution in [2.24, 2.45) is 10.1 Å². The summed E-state index contributed by atoms with van der Waals surface area (Å²) in [5.41, 5.74) is 2.29. The molecule has 0 spiro atoms. The van der Waals surface area contributed by atoms with Crippen LogP contribution in [0.15, 0.2) is 39.6 Å². The fraction of sp³-hybridized carbons (Fsp3) is 0.312. The van der Waals surface area contributed by atoms with Gasteiger partial charge in [0.25, 0.3) is 0 Å². The molecule has 0 atom stereocenters. The van der Waals surface area contributed by atoms with Crippen molar-refractivity contribution in [3.05, 3.63) is 39.7 Å². The van der Waals surface area contributed by atoms with E-state index in [0.717, 1.165) is 11.5 Å². The molecule has 23 heavy (non-hydrogen) atoms. The normalized spacial score (nSPS) is 19.9. The highest BCUT2D eigenvalue weighted by Gasteiger charge is 2.36. The highest BCUT2D eigenvalue weighted by molar-refractivity contribution is 6.32. The molecule has 1 aromatic carbocycles. The van der Waals surface area contributed by atoms with Crippen molar-refractivity contribution in [2.75, 3.05) is 11.6 Å². The van der Waals surface area contributed by atoms with Crippen molar-refractivity contribution in [1.29, 1.82) is 0 Å². The summed E-state index contributed by atoms with van der Waals surface area (Å²) in [6.07, 6.45) is 1.90. The van der Waals surface area contributed by atoms with Gasteiger partial charge in [0.2, 0.25) is 0 Å². The Bertz CT molecular complexity index is 812. The van der Waals surface area contributed by atoms with Crippen molar-refractivity contribution in [3.63, 3.8) is 0 Å². The highest BCUT2D eigenvalue weighted by atomic mass is 35.5. The number of fused-ring (bicyclic) bond motifs is 3. The molecule has 1 aromatic rings. The van der Waals surface area contributed by atoms with Gasteiger partial charge in [-0.1, -0.05) is 11.6 Å². The third kappa shape index (κ3) is 2.09. The SMILES string of the molecule is CCN1N=C2CCCC(=O)C2=C2C1=Nc1ccc(Cl)cc1N2[O-]. The first kappa shape index (κ1) is 14.4. The number of hydrazone groups is 1. The first-order valence-electron chi connectivity index (χ1n) is 7.59. The lowest BCUT2D eigenvalue weighted by Crippen LogP contribution is -2.43. The number of hydrogen-bond donors (Lipinski definition) is 0. The van der Waals surface area contributed by atoms with Gasteiger partial charge in [-0.2, -0.15) is 5.10 Å². The van der Waals surface area contributed by atoms with Gasteiger partial charge in [-0.3, -0.25) is 4.79 Å². The van der Waals surface area contributed by atoms with Crippen LogP contribution in [-0.4, -0.2) is 28.9 Å². The lowest BCUT2D eigenvalue weighted by Gasteiger charge is -2.43. The molecule has 2 heterocycles. The summed E-state index contributed by atoms with van der Waals surface area (Å²) in [6, 6.07) is 4.97. The zero-order valence-corrected chi connectivity index (χ0v) is 13.3.